The fraction of sp³-hybridized carbons (Fsp3) is 0.462. The number of unbranched alkanes of at least 4 members (excludes halogenated alkanes) is 2. The molecule has 102 valence electrons. The molecule has 1 amide bonds. The second-order valence-electron chi connectivity index (χ2n) is 4.00. The zero-order chi connectivity index (χ0) is 12.5. The predicted molar refractivity (Wildman–Crippen MR) is 78.1 cm³/mol. The topological polar surface area (TPSA) is 55.1 Å². The zero-order valence-corrected chi connectivity index (χ0v) is 11.9. The predicted octanol–water partition coefficient (Wildman–Crippen LogP) is 2.90. The molecule has 1 rings (SSSR count). The summed E-state index contributed by atoms with van der Waals surface area (Å²) in [5.74, 6) is 0.0944. The SMILES string of the molecule is Cl.NCCCCCC(=O)NCc1ccc(Cl)cc1. The number of carbonyl (C=O) groups is 1. The number of benzene rings is 1. The highest BCUT2D eigenvalue weighted by Gasteiger charge is 2.00. The molecule has 1 aromatic carbocycles. The lowest BCUT2D eigenvalue weighted by Gasteiger charge is -2.05. The van der Waals surface area contributed by atoms with E-state index in [0.29, 0.717) is 24.5 Å². The summed E-state index contributed by atoms with van der Waals surface area (Å²) in [5, 5.41) is 3.59. The molecule has 18 heavy (non-hydrogen) atoms. The molecule has 0 heterocycles. The summed E-state index contributed by atoms with van der Waals surface area (Å²) in [6, 6.07) is 7.47. The third-order valence-electron chi connectivity index (χ3n) is 2.51. The Morgan fingerprint density at radius 1 is 1.17 bits per heavy atom. The monoisotopic (exact) mass is 290 g/mol. The van der Waals surface area contributed by atoms with E-state index < -0.39 is 0 Å². The Morgan fingerprint density at radius 2 is 1.83 bits per heavy atom. The Labute approximate surface area is 119 Å². The first-order valence-corrected chi connectivity index (χ1v) is 6.31. The third kappa shape index (κ3) is 7.54. The van der Waals surface area contributed by atoms with Crippen LogP contribution in [-0.4, -0.2) is 12.5 Å². The van der Waals surface area contributed by atoms with Gasteiger partial charge in [-0.2, -0.15) is 0 Å². The van der Waals surface area contributed by atoms with E-state index in [2.05, 4.69) is 5.32 Å². The molecule has 0 radical (unpaired) electrons. The first-order valence-electron chi connectivity index (χ1n) is 5.93. The van der Waals surface area contributed by atoms with Crippen LogP contribution in [0.1, 0.15) is 31.2 Å². The van der Waals surface area contributed by atoms with Crippen LogP contribution in [-0.2, 0) is 11.3 Å². The first-order chi connectivity index (χ1) is 8.22. The molecule has 1 aromatic rings. The number of amides is 1. The average molecular weight is 291 g/mol. The van der Waals surface area contributed by atoms with Gasteiger partial charge in [-0.1, -0.05) is 30.2 Å². The van der Waals surface area contributed by atoms with Gasteiger partial charge in [-0.25, -0.2) is 0 Å². The van der Waals surface area contributed by atoms with Crippen molar-refractivity contribution in [3.05, 3.63) is 34.9 Å². The lowest BCUT2D eigenvalue weighted by Crippen LogP contribution is -2.22. The number of hydrogen-bond acceptors (Lipinski definition) is 2. The molecule has 5 heteroatoms. The summed E-state index contributed by atoms with van der Waals surface area (Å²) >= 11 is 5.78. The summed E-state index contributed by atoms with van der Waals surface area (Å²) < 4.78 is 0. The number of hydrogen-bond donors (Lipinski definition) is 2. The van der Waals surface area contributed by atoms with Gasteiger partial charge in [0.2, 0.25) is 5.91 Å². The Hall–Kier alpha value is -0.770. The minimum atomic E-state index is 0. The van der Waals surface area contributed by atoms with Crippen LogP contribution < -0.4 is 11.1 Å². The highest BCUT2D eigenvalue weighted by atomic mass is 35.5. The van der Waals surface area contributed by atoms with Crippen molar-refractivity contribution < 1.29 is 4.79 Å². The maximum absolute atomic E-state index is 11.5. The molecule has 0 unspecified atom stereocenters. The van der Waals surface area contributed by atoms with Gasteiger partial charge in [-0.3, -0.25) is 4.79 Å². The molecule has 0 aromatic heterocycles. The van der Waals surface area contributed by atoms with Crippen LogP contribution in [0.5, 0.6) is 0 Å². The van der Waals surface area contributed by atoms with Crippen LogP contribution in [0.4, 0.5) is 0 Å². The van der Waals surface area contributed by atoms with Gasteiger partial charge in [0.1, 0.15) is 0 Å². The van der Waals surface area contributed by atoms with Gasteiger partial charge in [0.15, 0.2) is 0 Å². The largest absolute Gasteiger partial charge is 0.352 e. The first kappa shape index (κ1) is 17.2. The maximum atomic E-state index is 11.5. The van der Waals surface area contributed by atoms with Crippen molar-refractivity contribution in [2.24, 2.45) is 5.73 Å². The van der Waals surface area contributed by atoms with Crippen molar-refractivity contribution in [3.63, 3.8) is 0 Å². The van der Waals surface area contributed by atoms with Gasteiger partial charge in [0.25, 0.3) is 0 Å². The molecule has 0 saturated heterocycles. The lowest BCUT2D eigenvalue weighted by molar-refractivity contribution is -0.121. The second-order valence-corrected chi connectivity index (χ2v) is 4.44. The number of nitrogens with one attached hydrogen (secondary N) is 1. The summed E-state index contributed by atoms with van der Waals surface area (Å²) in [6.07, 6.45) is 3.49. The Bertz CT molecular complexity index is 341. The van der Waals surface area contributed by atoms with Gasteiger partial charge < -0.3 is 11.1 Å². The zero-order valence-electron chi connectivity index (χ0n) is 10.3. The highest BCUT2D eigenvalue weighted by molar-refractivity contribution is 6.30. The molecule has 0 aliphatic rings. The third-order valence-corrected chi connectivity index (χ3v) is 2.76. The van der Waals surface area contributed by atoms with E-state index in [1.54, 1.807) is 0 Å². The fourth-order valence-corrected chi connectivity index (χ4v) is 1.62. The Balaban J connectivity index is 0.00000289. The van der Waals surface area contributed by atoms with E-state index in [-0.39, 0.29) is 18.3 Å². The molecule has 3 N–H and O–H groups in total. The van der Waals surface area contributed by atoms with Gasteiger partial charge in [-0.05, 0) is 37.1 Å². The van der Waals surface area contributed by atoms with Crippen LogP contribution in [0.25, 0.3) is 0 Å². The van der Waals surface area contributed by atoms with Crippen molar-refractivity contribution in [2.75, 3.05) is 6.54 Å². The fourth-order valence-electron chi connectivity index (χ4n) is 1.50. The van der Waals surface area contributed by atoms with Crippen LogP contribution in [0.15, 0.2) is 24.3 Å². The van der Waals surface area contributed by atoms with E-state index in [0.717, 1.165) is 24.8 Å². The average Bonchev–Trinajstić information content (AvgIpc) is 2.34. The molecule has 0 atom stereocenters. The summed E-state index contributed by atoms with van der Waals surface area (Å²) in [4.78, 5) is 11.5. The quantitative estimate of drug-likeness (QED) is 0.759. The lowest BCUT2D eigenvalue weighted by atomic mass is 10.2. The molecule has 0 fully saturated rings. The minimum absolute atomic E-state index is 0. The number of halogens is 2. The van der Waals surface area contributed by atoms with E-state index in [1.807, 2.05) is 24.3 Å². The van der Waals surface area contributed by atoms with E-state index in [9.17, 15) is 4.79 Å². The summed E-state index contributed by atoms with van der Waals surface area (Å²) in [7, 11) is 0. The van der Waals surface area contributed by atoms with Crippen molar-refractivity contribution in [1.29, 1.82) is 0 Å². The Kier molecular flexibility index (Phi) is 9.74. The molecule has 0 aliphatic carbocycles. The maximum Gasteiger partial charge on any atom is 0.220 e. The molecule has 3 nitrogen and oxygen atoms in total. The van der Waals surface area contributed by atoms with Gasteiger partial charge in [0, 0.05) is 18.0 Å². The number of nitrogens with two attached hydrogens (primary N) is 1. The van der Waals surface area contributed by atoms with Gasteiger partial charge in [-0.15, -0.1) is 12.4 Å². The standard InChI is InChI=1S/C13H19ClN2O.ClH/c14-12-7-5-11(6-8-12)10-16-13(17)4-2-1-3-9-15;/h5-8H,1-4,9-10,15H2,(H,16,17);1H. The van der Waals surface area contributed by atoms with Crippen LogP contribution in [0.2, 0.25) is 5.02 Å². The van der Waals surface area contributed by atoms with E-state index in [1.165, 1.54) is 0 Å². The number of rotatable bonds is 7. The smallest absolute Gasteiger partial charge is 0.220 e. The van der Waals surface area contributed by atoms with Crippen molar-refractivity contribution in [2.45, 2.75) is 32.2 Å². The van der Waals surface area contributed by atoms with Crippen LogP contribution in [0, 0.1) is 0 Å². The van der Waals surface area contributed by atoms with Crippen LogP contribution >= 0.6 is 24.0 Å². The summed E-state index contributed by atoms with van der Waals surface area (Å²) in [6.45, 7) is 1.26. The van der Waals surface area contributed by atoms with E-state index >= 15 is 0 Å². The molecule has 0 saturated carbocycles. The molecular weight excluding hydrogens is 271 g/mol. The highest BCUT2D eigenvalue weighted by Crippen LogP contribution is 2.09. The van der Waals surface area contributed by atoms with Crippen LogP contribution in [0.3, 0.4) is 0 Å². The minimum Gasteiger partial charge on any atom is -0.352 e. The second kappa shape index (κ2) is 10.2. The van der Waals surface area contributed by atoms with Gasteiger partial charge >= 0.3 is 0 Å². The summed E-state index contributed by atoms with van der Waals surface area (Å²) in [5.41, 5.74) is 6.44. The van der Waals surface area contributed by atoms with E-state index in [4.69, 9.17) is 17.3 Å². The Morgan fingerprint density at radius 3 is 2.44 bits per heavy atom. The molecule has 0 aliphatic heterocycles. The van der Waals surface area contributed by atoms with Crippen molar-refractivity contribution in [3.8, 4) is 0 Å². The van der Waals surface area contributed by atoms with Crippen molar-refractivity contribution in [1.82, 2.24) is 5.32 Å². The van der Waals surface area contributed by atoms with Gasteiger partial charge in [0.05, 0.1) is 0 Å². The normalized spacial score (nSPS) is 9.67. The molecular formula is C13H20Cl2N2O. The molecule has 0 spiro atoms. The molecule has 0 bridgehead atoms. The number of carbonyl (C=O) groups excluding carboxylic acids is 1. The van der Waals surface area contributed by atoms with Crippen molar-refractivity contribution >= 4 is 29.9 Å².